The zero-order valence-corrected chi connectivity index (χ0v) is 29.9. The van der Waals surface area contributed by atoms with E-state index >= 15 is 0 Å². The highest BCUT2D eigenvalue weighted by molar-refractivity contribution is 7.51. The maximum Gasteiger partial charge on any atom is 0.325 e. The minimum atomic E-state index is -4.35. The van der Waals surface area contributed by atoms with Gasteiger partial charge in [-0.25, -0.2) is 0 Å². The number of hydrogen-bond acceptors (Lipinski definition) is 13. The van der Waals surface area contributed by atoms with Gasteiger partial charge in [0, 0.05) is 57.4 Å². The molecule has 50 heavy (non-hydrogen) atoms. The van der Waals surface area contributed by atoms with Crippen molar-refractivity contribution in [3.8, 4) is 0 Å². The average Bonchev–Trinajstić information content (AvgIpc) is 3.62. The standard InChI is InChI=1S/C31H52N5O13P/c1-30(2,48-18-12-31(3,4)47-16-5-13-32-23(37)8-14-36-24(38)6-7-25(36)39)11-15-35-20-21(33-34-35)9-17-46-29-28(42)27(41)26(40)22(49-29)10-19-50(43,44)45/h6-7,20,22,26-29,40-42H,5,8-19H2,1-4H3,(H,32,37)(H2,43,44,45)/t22-,26-,27+,28+,29+/m1/s1. The van der Waals surface area contributed by atoms with Gasteiger partial charge in [0.2, 0.25) is 5.91 Å². The molecule has 6 N–H and O–H groups in total. The van der Waals surface area contributed by atoms with Crippen molar-refractivity contribution in [2.24, 2.45) is 0 Å². The summed E-state index contributed by atoms with van der Waals surface area (Å²) >= 11 is 0. The van der Waals surface area contributed by atoms with Gasteiger partial charge in [0.05, 0.1) is 42.4 Å². The van der Waals surface area contributed by atoms with Gasteiger partial charge in [0.25, 0.3) is 11.8 Å². The minimum Gasteiger partial charge on any atom is -0.388 e. The zero-order valence-electron chi connectivity index (χ0n) is 29.0. The lowest BCUT2D eigenvalue weighted by atomic mass is 9.97. The smallest absolute Gasteiger partial charge is 0.325 e. The van der Waals surface area contributed by atoms with E-state index in [9.17, 15) is 34.3 Å². The predicted molar refractivity (Wildman–Crippen MR) is 175 cm³/mol. The lowest BCUT2D eigenvalue weighted by Crippen LogP contribution is -2.58. The second-order valence-electron chi connectivity index (χ2n) is 13.6. The molecule has 1 saturated heterocycles. The molecule has 0 unspecified atom stereocenters. The molecule has 0 aromatic carbocycles. The van der Waals surface area contributed by atoms with Crippen LogP contribution in [0.2, 0.25) is 0 Å². The fourth-order valence-corrected chi connectivity index (χ4v) is 5.72. The van der Waals surface area contributed by atoms with Gasteiger partial charge in [-0.2, -0.15) is 0 Å². The van der Waals surface area contributed by atoms with Crippen molar-refractivity contribution >= 4 is 25.3 Å². The van der Waals surface area contributed by atoms with Crippen LogP contribution in [0.25, 0.3) is 0 Å². The number of imide groups is 1. The summed E-state index contributed by atoms with van der Waals surface area (Å²) < 4.78 is 36.1. The van der Waals surface area contributed by atoms with E-state index in [1.165, 1.54) is 12.2 Å². The minimum absolute atomic E-state index is 0.0405. The van der Waals surface area contributed by atoms with Crippen LogP contribution in [0, 0.1) is 0 Å². The lowest BCUT2D eigenvalue weighted by Gasteiger charge is -2.40. The maximum absolute atomic E-state index is 12.0. The van der Waals surface area contributed by atoms with Crippen LogP contribution in [0.3, 0.4) is 0 Å². The van der Waals surface area contributed by atoms with Crippen LogP contribution in [0.15, 0.2) is 18.3 Å². The summed E-state index contributed by atoms with van der Waals surface area (Å²) in [6, 6.07) is 0. The number of aromatic nitrogens is 3. The van der Waals surface area contributed by atoms with E-state index in [1.54, 1.807) is 10.9 Å². The Morgan fingerprint density at radius 1 is 0.960 bits per heavy atom. The number of carbonyl (C=O) groups excluding carboxylic acids is 3. The zero-order chi connectivity index (χ0) is 37.1. The summed E-state index contributed by atoms with van der Waals surface area (Å²) in [6.07, 6.45) is -1.52. The van der Waals surface area contributed by atoms with Crippen molar-refractivity contribution in [3.05, 3.63) is 24.0 Å². The van der Waals surface area contributed by atoms with Crippen molar-refractivity contribution < 1.29 is 63.0 Å². The Labute approximate surface area is 291 Å². The number of nitrogens with zero attached hydrogens (tertiary/aromatic N) is 4. The molecule has 0 aliphatic carbocycles. The summed E-state index contributed by atoms with van der Waals surface area (Å²) in [4.78, 5) is 54.4. The number of aryl methyl sites for hydroxylation is 1. The van der Waals surface area contributed by atoms with E-state index in [2.05, 4.69) is 15.6 Å². The van der Waals surface area contributed by atoms with Crippen LogP contribution in [0.1, 0.15) is 65.5 Å². The number of ether oxygens (including phenoxy) is 4. The molecule has 1 aromatic rings. The lowest BCUT2D eigenvalue weighted by molar-refractivity contribution is -0.296. The van der Waals surface area contributed by atoms with Crippen LogP contribution in [0.4, 0.5) is 0 Å². The Hall–Kier alpha value is -2.64. The first-order chi connectivity index (χ1) is 23.4. The van der Waals surface area contributed by atoms with Gasteiger partial charge >= 0.3 is 7.60 Å². The first-order valence-electron chi connectivity index (χ1n) is 16.7. The van der Waals surface area contributed by atoms with Crippen molar-refractivity contribution in [1.29, 1.82) is 0 Å². The van der Waals surface area contributed by atoms with Crippen molar-refractivity contribution in [2.75, 3.05) is 39.1 Å². The van der Waals surface area contributed by atoms with E-state index in [1.807, 2.05) is 27.7 Å². The van der Waals surface area contributed by atoms with Crippen molar-refractivity contribution in [2.45, 2.75) is 115 Å². The highest BCUT2D eigenvalue weighted by Gasteiger charge is 2.44. The Balaban J connectivity index is 1.28. The summed E-state index contributed by atoms with van der Waals surface area (Å²) in [5.41, 5.74) is -0.308. The molecule has 2 aliphatic rings. The third-order valence-corrected chi connectivity index (χ3v) is 9.18. The highest BCUT2D eigenvalue weighted by Crippen LogP contribution is 2.37. The topological polar surface area (TPSA) is 252 Å². The molecule has 2 aliphatic heterocycles. The van der Waals surface area contributed by atoms with Gasteiger partial charge in [-0.1, -0.05) is 5.21 Å². The third kappa shape index (κ3) is 14.2. The Morgan fingerprint density at radius 2 is 1.62 bits per heavy atom. The SMILES string of the molecule is CC(C)(CCOC(C)(C)CCn1cc(CCO[C@H]2O[C@H](CCP(=O)(O)O)[C@@H](O)[C@H](O)[C@@H]2O)nn1)OCCCNC(=O)CCN1C(=O)C=CC1=O. The fraction of sp³-hybridized carbons (Fsp3) is 0.774. The summed E-state index contributed by atoms with van der Waals surface area (Å²) in [5, 5.41) is 41.6. The molecule has 1 fully saturated rings. The molecule has 0 bridgehead atoms. The monoisotopic (exact) mass is 733 g/mol. The van der Waals surface area contributed by atoms with Gasteiger partial charge in [0.15, 0.2) is 6.29 Å². The van der Waals surface area contributed by atoms with Gasteiger partial charge in [0.1, 0.15) is 18.3 Å². The number of aliphatic hydroxyl groups excluding tert-OH is 3. The molecule has 19 heteroatoms. The van der Waals surface area contributed by atoms with E-state index in [4.69, 9.17) is 28.7 Å². The number of hydrogen-bond donors (Lipinski definition) is 6. The quantitative estimate of drug-likeness (QED) is 0.0495. The Morgan fingerprint density at radius 3 is 2.30 bits per heavy atom. The Kier molecular flexibility index (Phi) is 15.7. The van der Waals surface area contributed by atoms with Crippen LogP contribution in [-0.2, 0) is 50.9 Å². The normalized spacial score (nSPS) is 23.2. The molecule has 3 amide bonds. The van der Waals surface area contributed by atoms with E-state index in [0.717, 1.165) is 4.90 Å². The number of nitrogens with one attached hydrogen (secondary N) is 1. The molecule has 5 atom stereocenters. The fourth-order valence-electron chi connectivity index (χ4n) is 5.13. The first kappa shape index (κ1) is 41.8. The Bertz CT molecular complexity index is 1330. The summed E-state index contributed by atoms with van der Waals surface area (Å²) in [5.74, 6) is -1.06. The van der Waals surface area contributed by atoms with Crippen molar-refractivity contribution in [1.82, 2.24) is 25.2 Å². The van der Waals surface area contributed by atoms with E-state index < -0.39 is 67.5 Å². The van der Waals surface area contributed by atoms with Crippen LogP contribution in [-0.4, -0.2) is 144 Å². The highest BCUT2D eigenvalue weighted by atomic mass is 31.2. The van der Waals surface area contributed by atoms with E-state index in [-0.39, 0.29) is 31.9 Å². The molecule has 18 nitrogen and oxygen atoms in total. The van der Waals surface area contributed by atoms with Crippen molar-refractivity contribution in [3.63, 3.8) is 0 Å². The number of aliphatic hydroxyl groups is 3. The molecule has 3 heterocycles. The van der Waals surface area contributed by atoms with Crippen LogP contribution < -0.4 is 5.32 Å². The molecule has 3 rings (SSSR count). The van der Waals surface area contributed by atoms with Gasteiger partial charge in [-0.3, -0.25) is 28.5 Å². The van der Waals surface area contributed by atoms with Gasteiger partial charge in [-0.05, 0) is 53.4 Å². The first-order valence-corrected chi connectivity index (χ1v) is 18.5. The molecule has 0 radical (unpaired) electrons. The number of amides is 3. The molecule has 1 aromatic heterocycles. The number of rotatable bonds is 22. The molecular formula is C31H52N5O13P. The summed E-state index contributed by atoms with van der Waals surface area (Å²) in [6.45, 7) is 9.82. The third-order valence-electron chi connectivity index (χ3n) is 8.34. The largest absolute Gasteiger partial charge is 0.388 e. The van der Waals surface area contributed by atoms with Crippen LogP contribution >= 0.6 is 7.60 Å². The molecule has 0 spiro atoms. The summed E-state index contributed by atoms with van der Waals surface area (Å²) in [7, 11) is -4.35. The van der Waals surface area contributed by atoms with Gasteiger partial charge < -0.3 is 49.4 Å². The molecule has 284 valence electrons. The maximum atomic E-state index is 12.0. The molecular weight excluding hydrogens is 681 g/mol. The predicted octanol–water partition coefficient (Wildman–Crippen LogP) is -0.595. The van der Waals surface area contributed by atoms with Crippen LogP contribution in [0.5, 0.6) is 0 Å². The second kappa shape index (κ2) is 18.7. The van der Waals surface area contributed by atoms with E-state index in [0.29, 0.717) is 57.7 Å². The molecule has 0 saturated carbocycles. The number of carbonyl (C=O) groups is 3. The average molecular weight is 734 g/mol. The second-order valence-corrected chi connectivity index (χ2v) is 15.4. The van der Waals surface area contributed by atoms with Gasteiger partial charge in [-0.15, -0.1) is 5.10 Å².